The van der Waals surface area contributed by atoms with Crippen LogP contribution in [-0.4, -0.2) is 27.7 Å². The highest BCUT2D eigenvalue weighted by atomic mass is 32.2. The van der Waals surface area contributed by atoms with Crippen molar-refractivity contribution in [2.24, 2.45) is 5.92 Å². The lowest BCUT2D eigenvalue weighted by molar-refractivity contribution is 0.0587. The van der Waals surface area contributed by atoms with Crippen molar-refractivity contribution in [1.82, 2.24) is 4.72 Å². The van der Waals surface area contributed by atoms with Gasteiger partial charge >= 0.3 is 0 Å². The highest BCUT2D eigenvalue weighted by Crippen LogP contribution is 2.18. The van der Waals surface area contributed by atoms with Gasteiger partial charge in [-0.3, -0.25) is 0 Å². The molecule has 1 heterocycles. The third-order valence-corrected chi connectivity index (χ3v) is 4.67. The summed E-state index contributed by atoms with van der Waals surface area (Å²) < 4.78 is 32.2. The Balaban J connectivity index is 2.17. The molecule has 2 rings (SSSR count). The topological polar surface area (TPSA) is 79.2 Å². The molecule has 1 N–H and O–H groups in total. The van der Waals surface area contributed by atoms with Crippen LogP contribution in [0.3, 0.4) is 0 Å². The normalized spacial score (nSPS) is 23.8. The van der Waals surface area contributed by atoms with Crippen molar-refractivity contribution in [3.63, 3.8) is 0 Å². The number of nitrogens with one attached hydrogen (secondary N) is 1. The van der Waals surface area contributed by atoms with Crippen molar-refractivity contribution in [3.8, 4) is 6.07 Å². The van der Waals surface area contributed by atoms with E-state index in [1.807, 2.05) is 6.92 Å². The fourth-order valence-corrected chi connectivity index (χ4v) is 3.25. The first-order valence-corrected chi connectivity index (χ1v) is 7.57. The van der Waals surface area contributed by atoms with Gasteiger partial charge in [0, 0.05) is 6.61 Å². The monoisotopic (exact) mass is 280 g/mol. The van der Waals surface area contributed by atoms with Crippen molar-refractivity contribution in [1.29, 1.82) is 5.26 Å². The van der Waals surface area contributed by atoms with Crippen LogP contribution in [0, 0.1) is 24.2 Å². The summed E-state index contributed by atoms with van der Waals surface area (Å²) in [6, 6.07) is 8.25. The quantitative estimate of drug-likeness (QED) is 0.902. The molecule has 0 radical (unpaired) electrons. The number of aryl methyl sites for hydroxylation is 1. The van der Waals surface area contributed by atoms with Gasteiger partial charge in [-0.05, 0) is 25.5 Å². The van der Waals surface area contributed by atoms with Crippen LogP contribution in [0.15, 0.2) is 29.2 Å². The van der Waals surface area contributed by atoms with Crippen LogP contribution in [0.5, 0.6) is 0 Å². The zero-order valence-corrected chi connectivity index (χ0v) is 11.5. The van der Waals surface area contributed by atoms with Crippen molar-refractivity contribution in [3.05, 3.63) is 29.8 Å². The number of sulfonamides is 1. The second-order valence-corrected chi connectivity index (χ2v) is 6.35. The van der Waals surface area contributed by atoms with E-state index in [2.05, 4.69) is 10.8 Å². The molecule has 1 aliphatic heterocycles. The molecule has 6 heteroatoms. The Bertz CT molecular complexity index is 575. The minimum atomic E-state index is -3.60. The number of ether oxygens (including phenoxy) is 1. The predicted molar refractivity (Wildman–Crippen MR) is 69.8 cm³/mol. The summed E-state index contributed by atoms with van der Waals surface area (Å²) in [4.78, 5) is 0.209. The van der Waals surface area contributed by atoms with Gasteiger partial charge in [-0.15, -0.1) is 0 Å². The highest BCUT2D eigenvalue weighted by molar-refractivity contribution is 7.89. The van der Waals surface area contributed by atoms with E-state index in [0.717, 1.165) is 5.56 Å². The van der Waals surface area contributed by atoms with Gasteiger partial charge in [-0.1, -0.05) is 17.7 Å². The number of hydrogen-bond acceptors (Lipinski definition) is 4. The Morgan fingerprint density at radius 1 is 1.37 bits per heavy atom. The van der Waals surface area contributed by atoms with E-state index in [9.17, 15) is 8.42 Å². The molecule has 1 fully saturated rings. The molecule has 0 spiro atoms. The van der Waals surface area contributed by atoms with Crippen LogP contribution >= 0.6 is 0 Å². The van der Waals surface area contributed by atoms with E-state index in [4.69, 9.17) is 10.00 Å². The van der Waals surface area contributed by atoms with E-state index in [-0.39, 0.29) is 17.4 Å². The fourth-order valence-electron chi connectivity index (χ4n) is 1.99. The van der Waals surface area contributed by atoms with Gasteiger partial charge in [0.15, 0.2) is 0 Å². The minimum Gasteiger partial charge on any atom is -0.380 e. The Morgan fingerprint density at radius 2 is 2.05 bits per heavy atom. The lowest BCUT2D eigenvalue weighted by Gasteiger charge is -2.27. The summed E-state index contributed by atoms with van der Waals surface area (Å²) in [6.45, 7) is 2.63. The SMILES string of the molecule is Cc1ccc(S(=O)(=O)NC2COCCC2C#N)cc1. The summed E-state index contributed by atoms with van der Waals surface area (Å²) in [5, 5.41) is 9.02. The van der Waals surface area contributed by atoms with Gasteiger partial charge in [-0.2, -0.15) is 5.26 Å². The number of nitriles is 1. The van der Waals surface area contributed by atoms with Gasteiger partial charge in [-0.25, -0.2) is 13.1 Å². The standard InChI is InChI=1S/C13H16N2O3S/c1-10-2-4-12(5-3-10)19(16,17)15-13-9-18-7-6-11(13)8-14/h2-5,11,13,15H,6-7,9H2,1H3. The van der Waals surface area contributed by atoms with E-state index in [1.54, 1.807) is 24.3 Å². The second-order valence-electron chi connectivity index (χ2n) is 4.64. The summed E-state index contributed by atoms with van der Waals surface area (Å²) in [6.07, 6.45) is 0.553. The molecule has 0 amide bonds. The van der Waals surface area contributed by atoms with Crippen LogP contribution in [0.1, 0.15) is 12.0 Å². The molecule has 1 saturated heterocycles. The number of hydrogen-bond donors (Lipinski definition) is 1. The maximum absolute atomic E-state index is 12.2. The molecule has 0 bridgehead atoms. The largest absolute Gasteiger partial charge is 0.380 e. The van der Waals surface area contributed by atoms with Gasteiger partial charge in [0.2, 0.25) is 10.0 Å². The zero-order valence-electron chi connectivity index (χ0n) is 10.7. The van der Waals surface area contributed by atoms with Gasteiger partial charge < -0.3 is 4.74 Å². The lowest BCUT2D eigenvalue weighted by Crippen LogP contribution is -2.45. The molecular weight excluding hydrogens is 264 g/mol. The Labute approximate surface area is 113 Å². The van der Waals surface area contributed by atoms with Crippen LogP contribution in [-0.2, 0) is 14.8 Å². The minimum absolute atomic E-state index is 0.209. The maximum Gasteiger partial charge on any atom is 0.240 e. The van der Waals surface area contributed by atoms with E-state index in [1.165, 1.54) is 0 Å². The second kappa shape index (κ2) is 5.70. The first kappa shape index (κ1) is 14.0. The predicted octanol–water partition coefficient (Wildman–Crippen LogP) is 1.20. The Kier molecular flexibility index (Phi) is 4.20. The van der Waals surface area contributed by atoms with E-state index in [0.29, 0.717) is 13.0 Å². The fraction of sp³-hybridized carbons (Fsp3) is 0.462. The summed E-state index contributed by atoms with van der Waals surface area (Å²) in [7, 11) is -3.60. The average molecular weight is 280 g/mol. The Morgan fingerprint density at radius 3 is 2.68 bits per heavy atom. The first-order chi connectivity index (χ1) is 9.03. The molecule has 19 heavy (non-hydrogen) atoms. The molecule has 0 aromatic heterocycles. The third kappa shape index (κ3) is 3.32. The molecule has 102 valence electrons. The molecule has 5 nitrogen and oxygen atoms in total. The van der Waals surface area contributed by atoms with Gasteiger partial charge in [0.05, 0.1) is 29.5 Å². The Hall–Kier alpha value is -1.42. The van der Waals surface area contributed by atoms with Gasteiger partial charge in [0.1, 0.15) is 0 Å². The van der Waals surface area contributed by atoms with Crippen LogP contribution in [0.25, 0.3) is 0 Å². The molecular formula is C13H16N2O3S. The van der Waals surface area contributed by atoms with E-state index < -0.39 is 16.1 Å². The number of benzene rings is 1. The molecule has 1 aromatic carbocycles. The summed E-state index contributed by atoms with van der Waals surface area (Å²) in [5.74, 6) is -0.339. The molecule has 0 aliphatic carbocycles. The maximum atomic E-state index is 12.2. The number of nitrogens with zero attached hydrogens (tertiary/aromatic N) is 1. The van der Waals surface area contributed by atoms with Crippen molar-refractivity contribution >= 4 is 10.0 Å². The van der Waals surface area contributed by atoms with E-state index >= 15 is 0 Å². The van der Waals surface area contributed by atoms with Gasteiger partial charge in [0.25, 0.3) is 0 Å². The average Bonchev–Trinajstić information content (AvgIpc) is 2.39. The summed E-state index contributed by atoms with van der Waals surface area (Å²) >= 11 is 0. The molecule has 0 saturated carbocycles. The number of rotatable bonds is 3. The molecule has 2 atom stereocenters. The van der Waals surface area contributed by atoms with Crippen LogP contribution < -0.4 is 4.72 Å². The first-order valence-electron chi connectivity index (χ1n) is 6.09. The third-order valence-electron chi connectivity index (χ3n) is 3.16. The van der Waals surface area contributed by atoms with Crippen molar-refractivity contribution in [2.45, 2.75) is 24.3 Å². The highest BCUT2D eigenvalue weighted by Gasteiger charge is 2.30. The van der Waals surface area contributed by atoms with Crippen LogP contribution in [0.4, 0.5) is 0 Å². The molecule has 1 aliphatic rings. The van der Waals surface area contributed by atoms with Crippen molar-refractivity contribution < 1.29 is 13.2 Å². The molecule has 1 aromatic rings. The van der Waals surface area contributed by atoms with Crippen molar-refractivity contribution in [2.75, 3.05) is 13.2 Å². The smallest absolute Gasteiger partial charge is 0.240 e. The lowest BCUT2D eigenvalue weighted by atomic mass is 9.98. The molecule has 2 unspecified atom stereocenters. The van der Waals surface area contributed by atoms with Crippen LogP contribution in [0.2, 0.25) is 0 Å². The zero-order chi connectivity index (χ0) is 13.9. The summed E-state index contributed by atoms with van der Waals surface area (Å²) in [5.41, 5.74) is 0.995.